The molecule has 1 rings (SSSR count). The molecule has 0 aliphatic carbocycles. The highest BCUT2D eigenvalue weighted by Crippen LogP contribution is 2.19. The molecule has 10 nitrogen and oxygen atoms in total. The van der Waals surface area contributed by atoms with Gasteiger partial charge >= 0.3 is 18.2 Å². The van der Waals surface area contributed by atoms with Crippen molar-refractivity contribution in [2.24, 2.45) is 0 Å². The van der Waals surface area contributed by atoms with Gasteiger partial charge in [-0.2, -0.15) is 0 Å². The zero-order chi connectivity index (χ0) is 20.9. The first kappa shape index (κ1) is 22.7. The molecule has 1 heterocycles. The number of nitrogens with one attached hydrogen (secondary N) is 3. The molecular weight excluding hydrogens is 358 g/mol. The normalized spacial score (nSPS) is 19.8. The first-order valence-corrected chi connectivity index (χ1v) is 8.71. The van der Waals surface area contributed by atoms with E-state index in [1.54, 1.807) is 41.5 Å². The molecule has 0 bridgehead atoms. The Hall–Kier alpha value is -2.36. The van der Waals surface area contributed by atoms with Gasteiger partial charge < -0.3 is 24.8 Å². The predicted octanol–water partition coefficient (Wildman–Crippen LogP) is 1.19. The number of hydrogen-bond acceptors (Lipinski definition) is 8. The van der Waals surface area contributed by atoms with E-state index >= 15 is 0 Å². The molecule has 0 aromatic carbocycles. The highest BCUT2D eigenvalue weighted by atomic mass is 16.7. The minimum Gasteiger partial charge on any atom is -0.444 e. The van der Waals surface area contributed by atoms with Gasteiger partial charge in [0.25, 0.3) is 0 Å². The van der Waals surface area contributed by atoms with E-state index in [0.717, 1.165) is 0 Å². The van der Waals surface area contributed by atoms with Gasteiger partial charge in [-0.3, -0.25) is 10.1 Å². The second-order valence-corrected chi connectivity index (χ2v) is 8.19. The van der Waals surface area contributed by atoms with Crippen LogP contribution < -0.4 is 16.0 Å². The van der Waals surface area contributed by atoms with E-state index in [2.05, 4.69) is 16.0 Å². The van der Waals surface area contributed by atoms with Crippen LogP contribution in [0.15, 0.2) is 0 Å². The van der Waals surface area contributed by atoms with E-state index in [1.807, 2.05) is 0 Å². The quantitative estimate of drug-likeness (QED) is 0.484. The van der Waals surface area contributed by atoms with Crippen molar-refractivity contribution in [2.45, 2.75) is 71.2 Å². The van der Waals surface area contributed by atoms with Crippen molar-refractivity contribution in [3.05, 3.63) is 0 Å². The Labute approximate surface area is 158 Å². The Morgan fingerprint density at radius 3 is 2.07 bits per heavy atom. The van der Waals surface area contributed by atoms with Crippen molar-refractivity contribution in [3.63, 3.8) is 0 Å². The number of carbonyl (C=O) groups excluding carboxylic acids is 4. The number of rotatable bonds is 4. The lowest BCUT2D eigenvalue weighted by Gasteiger charge is -2.28. The van der Waals surface area contributed by atoms with Crippen LogP contribution in [-0.2, 0) is 23.8 Å². The van der Waals surface area contributed by atoms with Crippen LogP contribution in [0.2, 0.25) is 0 Å². The molecule has 10 heteroatoms. The molecule has 1 fully saturated rings. The molecule has 2 amide bonds. The zero-order valence-corrected chi connectivity index (χ0v) is 16.7. The molecule has 0 spiro atoms. The fourth-order valence-corrected chi connectivity index (χ4v) is 2.26. The number of esters is 1. The molecular formula is C17H29N3O7. The van der Waals surface area contributed by atoms with Crippen LogP contribution in [-0.4, -0.2) is 54.1 Å². The molecule has 0 saturated carbocycles. The van der Waals surface area contributed by atoms with Gasteiger partial charge in [-0.25, -0.2) is 14.4 Å². The molecule has 1 aliphatic rings. The van der Waals surface area contributed by atoms with Gasteiger partial charge in [-0.1, -0.05) is 0 Å². The van der Waals surface area contributed by atoms with Gasteiger partial charge in [0.05, 0.1) is 0 Å². The average molecular weight is 387 g/mol. The minimum atomic E-state index is -1.55. The number of amides is 2. The summed E-state index contributed by atoms with van der Waals surface area (Å²) in [6, 6.07) is 0. The van der Waals surface area contributed by atoms with Gasteiger partial charge in [0.15, 0.2) is 5.66 Å². The molecule has 0 aromatic heterocycles. The van der Waals surface area contributed by atoms with Crippen molar-refractivity contribution >= 4 is 24.1 Å². The smallest absolute Gasteiger partial charge is 0.444 e. The first-order chi connectivity index (χ1) is 12.2. The van der Waals surface area contributed by atoms with Crippen LogP contribution in [0.1, 0.15) is 54.4 Å². The van der Waals surface area contributed by atoms with Gasteiger partial charge in [0.2, 0.25) is 5.91 Å². The van der Waals surface area contributed by atoms with Crippen LogP contribution in [0, 0.1) is 0 Å². The van der Waals surface area contributed by atoms with E-state index in [0.29, 0.717) is 13.0 Å². The Morgan fingerprint density at radius 1 is 1.00 bits per heavy atom. The van der Waals surface area contributed by atoms with Crippen molar-refractivity contribution < 1.29 is 33.4 Å². The maximum Gasteiger partial charge on any atom is 0.516 e. The summed E-state index contributed by atoms with van der Waals surface area (Å²) in [6.45, 7) is 10.0. The molecule has 0 aromatic rings. The van der Waals surface area contributed by atoms with Gasteiger partial charge in [0.1, 0.15) is 17.7 Å². The number of carbonyl (C=O) groups is 4. The van der Waals surface area contributed by atoms with Crippen molar-refractivity contribution in [1.82, 2.24) is 16.0 Å². The summed E-state index contributed by atoms with van der Waals surface area (Å²) in [5.74, 6) is -1.61. The summed E-state index contributed by atoms with van der Waals surface area (Å²) in [5.41, 5.74) is -3.08. The average Bonchev–Trinajstić information content (AvgIpc) is 2.91. The van der Waals surface area contributed by atoms with E-state index in [1.165, 1.54) is 0 Å². The Bertz CT molecular complexity index is 584. The highest BCUT2D eigenvalue weighted by Gasteiger charge is 2.45. The monoisotopic (exact) mass is 387 g/mol. The third-order valence-electron chi connectivity index (χ3n) is 3.21. The van der Waals surface area contributed by atoms with Crippen LogP contribution in [0.5, 0.6) is 0 Å². The van der Waals surface area contributed by atoms with E-state index in [4.69, 9.17) is 14.2 Å². The van der Waals surface area contributed by atoms with E-state index < -0.39 is 47.5 Å². The maximum absolute atomic E-state index is 12.4. The van der Waals surface area contributed by atoms with Crippen LogP contribution in [0.25, 0.3) is 0 Å². The summed E-state index contributed by atoms with van der Waals surface area (Å²) in [4.78, 5) is 47.9. The summed E-state index contributed by atoms with van der Waals surface area (Å²) in [7, 11) is 0. The lowest BCUT2D eigenvalue weighted by Crippen LogP contribution is -2.63. The maximum atomic E-state index is 12.4. The summed E-state index contributed by atoms with van der Waals surface area (Å²) in [5, 5.41) is 7.61. The molecule has 1 aliphatic heterocycles. The zero-order valence-electron chi connectivity index (χ0n) is 16.7. The summed E-state index contributed by atoms with van der Waals surface area (Å²) >= 11 is 0. The fraction of sp³-hybridized carbons (Fsp3) is 0.765. The lowest BCUT2D eigenvalue weighted by atomic mass is 10.1. The lowest BCUT2D eigenvalue weighted by molar-refractivity contribution is -0.152. The van der Waals surface area contributed by atoms with E-state index in [9.17, 15) is 19.2 Å². The van der Waals surface area contributed by atoms with Crippen molar-refractivity contribution in [1.29, 1.82) is 0 Å². The largest absolute Gasteiger partial charge is 0.516 e. The Kier molecular flexibility index (Phi) is 7.18. The fourth-order valence-electron chi connectivity index (χ4n) is 2.26. The SMILES string of the molecule is CC(C)(C)OC(=O)NCC(=O)N[C@]1(C(=O)OC(=O)OC(C)(C)C)CCCN1. The summed E-state index contributed by atoms with van der Waals surface area (Å²) in [6.07, 6.45) is -1.10. The van der Waals surface area contributed by atoms with E-state index in [-0.39, 0.29) is 6.42 Å². The van der Waals surface area contributed by atoms with Gasteiger partial charge in [-0.15, -0.1) is 0 Å². The molecule has 0 unspecified atom stereocenters. The second-order valence-electron chi connectivity index (χ2n) is 8.19. The number of hydrogen-bond donors (Lipinski definition) is 3. The highest BCUT2D eigenvalue weighted by molar-refractivity contribution is 5.93. The third-order valence-corrected chi connectivity index (χ3v) is 3.21. The summed E-state index contributed by atoms with van der Waals surface area (Å²) < 4.78 is 14.7. The molecule has 1 atom stereocenters. The molecule has 1 saturated heterocycles. The molecule has 0 radical (unpaired) electrons. The van der Waals surface area contributed by atoms with Crippen molar-refractivity contribution in [3.8, 4) is 0 Å². The minimum absolute atomic E-state index is 0.229. The topological polar surface area (TPSA) is 132 Å². The molecule has 3 N–H and O–H groups in total. The predicted molar refractivity (Wildman–Crippen MR) is 94.7 cm³/mol. The third kappa shape index (κ3) is 8.25. The van der Waals surface area contributed by atoms with Crippen molar-refractivity contribution in [2.75, 3.05) is 13.1 Å². The second kappa shape index (κ2) is 8.55. The van der Waals surface area contributed by atoms with Crippen LogP contribution in [0.4, 0.5) is 9.59 Å². The molecule has 27 heavy (non-hydrogen) atoms. The first-order valence-electron chi connectivity index (χ1n) is 8.71. The Morgan fingerprint density at radius 2 is 1.59 bits per heavy atom. The van der Waals surface area contributed by atoms with Crippen LogP contribution in [0.3, 0.4) is 0 Å². The molecule has 154 valence electrons. The van der Waals surface area contributed by atoms with Gasteiger partial charge in [-0.05, 0) is 60.9 Å². The van der Waals surface area contributed by atoms with Gasteiger partial charge in [0, 0.05) is 0 Å². The Balaban J connectivity index is 2.63. The standard InChI is InChI=1S/C17H29N3O7/c1-15(2,3)26-13(23)18-10-11(21)20-17(8-7-9-19-17)12(22)25-14(24)27-16(4,5)6/h19H,7-10H2,1-6H3,(H,18,23)(H,20,21)/t17-/m0/s1. The number of ether oxygens (including phenoxy) is 3. The van der Waals surface area contributed by atoms with Crippen LogP contribution >= 0.6 is 0 Å². The number of alkyl carbamates (subject to hydrolysis) is 1.